The van der Waals surface area contributed by atoms with Gasteiger partial charge in [-0.05, 0) is 29.7 Å². The minimum Gasteiger partial charge on any atom is -0.250 e. The number of aromatic nitrogens is 3. The highest BCUT2D eigenvalue weighted by molar-refractivity contribution is 7.71. The summed E-state index contributed by atoms with van der Waals surface area (Å²) in [4.78, 5) is 0.969. The molecule has 0 amide bonds. The van der Waals surface area contributed by atoms with E-state index in [1.807, 2.05) is 29.6 Å². The van der Waals surface area contributed by atoms with Gasteiger partial charge in [-0.2, -0.15) is 14.9 Å². The maximum Gasteiger partial charge on any atom is 0.216 e. The molecule has 0 aliphatic rings. The van der Waals surface area contributed by atoms with Crippen molar-refractivity contribution in [3.05, 3.63) is 56.1 Å². The molecule has 1 N–H and O–H groups in total. The Hall–Kier alpha value is -1.47. The van der Waals surface area contributed by atoms with E-state index < -0.39 is 0 Å². The lowest BCUT2D eigenvalue weighted by atomic mass is 10.2. The van der Waals surface area contributed by atoms with Gasteiger partial charge in [0, 0.05) is 5.56 Å². The number of H-pyrrole nitrogens is 1. The van der Waals surface area contributed by atoms with E-state index in [1.165, 1.54) is 0 Å². The predicted molar refractivity (Wildman–Crippen MR) is 90.2 cm³/mol. The normalized spacial score (nSPS) is 11.3. The zero-order chi connectivity index (χ0) is 14.8. The van der Waals surface area contributed by atoms with E-state index >= 15 is 0 Å². The number of benzene rings is 1. The zero-order valence-corrected chi connectivity index (χ0v) is 13.6. The molecule has 0 aliphatic heterocycles. The van der Waals surface area contributed by atoms with Crippen molar-refractivity contribution in [2.75, 3.05) is 0 Å². The number of hydrogen-bond acceptors (Lipinski definition) is 4. The van der Waals surface area contributed by atoms with Crippen molar-refractivity contribution >= 4 is 53.0 Å². The first-order valence-electron chi connectivity index (χ1n) is 5.86. The molecule has 3 rings (SSSR count). The smallest absolute Gasteiger partial charge is 0.216 e. The van der Waals surface area contributed by atoms with Crippen LogP contribution in [0.5, 0.6) is 0 Å². The molecule has 0 saturated heterocycles. The summed E-state index contributed by atoms with van der Waals surface area (Å²) in [6.45, 7) is 0. The number of rotatable bonds is 3. The van der Waals surface area contributed by atoms with Crippen molar-refractivity contribution in [1.29, 1.82) is 0 Å². The van der Waals surface area contributed by atoms with Gasteiger partial charge in [0.25, 0.3) is 0 Å². The van der Waals surface area contributed by atoms with Crippen molar-refractivity contribution < 1.29 is 0 Å². The van der Waals surface area contributed by atoms with Crippen LogP contribution in [0.25, 0.3) is 10.7 Å². The van der Waals surface area contributed by atoms with Crippen LogP contribution in [0.1, 0.15) is 5.56 Å². The van der Waals surface area contributed by atoms with Crippen molar-refractivity contribution in [1.82, 2.24) is 14.9 Å². The van der Waals surface area contributed by atoms with Gasteiger partial charge < -0.3 is 0 Å². The standard InChI is InChI=1S/C13H8Cl2N4S2/c14-9-4-1-3-8(11(9)15)7-16-19-12(17-18-13(19)20)10-5-2-6-21-10/h1-7H,(H,18,20)/b16-7-. The van der Waals surface area contributed by atoms with Crippen LogP contribution in [-0.4, -0.2) is 21.1 Å². The lowest BCUT2D eigenvalue weighted by Gasteiger charge is -2.01. The molecule has 0 atom stereocenters. The van der Waals surface area contributed by atoms with Crippen LogP contribution < -0.4 is 0 Å². The fourth-order valence-electron chi connectivity index (χ4n) is 1.70. The van der Waals surface area contributed by atoms with Crippen molar-refractivity contribution in [3.63, 3.8) is 0 Å². The Morgan fingerprint density at radius 3 is 2.90 bits per heavy atom. The molecule has 106 valence electrons. The maximum absolute atomic E-state index is 6.13. The number of nitrogens with zero attached hydrogens (tertiary/aromatic N) is 3. The molecule has 0 spiro atoms. The first-order chi connectivity index (χ1) is 10.2. The molecule has 0 radical (unpaired) electrons. The number of aromatic amines is 1. The number of thiophene rings is 1. The average molecular weight is 355 g/mol. The summed E-state index contributed by atoms with van der Waals surface area (Å²) < 4.78 is 1.96. The van der Waals surface area contributed by atoms with E-state index in [4.69, 9.17) is 35.4 Å². The molecule has 3 aromatic rings. The summed E-state index contributed by atoms with van der Waals surface area (Å²) in [5, 5.41) is 14.2. The van der Waals surface area contributed by atoms with E-state index in [2.05, 4.69) is 15.3 Å². The monoisotopic (exact) mass is 354 g/mol. The van der Waals surface area contributed by atoms with E-state index in [9.17, 15) is 0 Å². The molecule has 0 bridgehead atoms. The second-order valence-corrected chi connectivity index (χ2v) is 6.15. The summed E-state index contributed by atoms with van der Waals surface area (Å²) in [7, 11) is 0. The third-order valence-electron chi connectivity index (χ3n) is 2.69. The van der Waals surface area contributed by atoms with Gasteiger partial charge in [-0.3, -0.25) is 0 Å². The van der Waals surface area contributed by atoms with Crippen LogP contribution in [0.4, 0.5) is 0 Å². The van der Waals surface area contributed by atoms with Crippen LogP contribution in [0.15, 0.2) is 40.8 Å². The van der Waals surface area contributed by atoms with Crippen LogP contribution in [-0.2, 0) is 0 Å². The molecule has 2 aromatic heterocycles. The van der Waals surface area contributed by atoms with Crippen molar-refractivity contribution in [3.8, 4) is 10.7 Å². The lowest BCUT2D eigenvalue weighted by molar-refractivity contribution is 0.873. The molecule has 4 nitrogen and oxygen atoms in total. The summed E-state index contributed by atoms with van der Waals surface area (Å²) >= 11 is 18.9. The largest absolute Gasteiger partial charge is 0.250 e. The Bertz CT molecular complexity index is 849. The number of hydrogen-bond donors (Lipinski definition) is 1. The Balaban J connectivity index is 2.03. The third-order valence-corrected chi connectivity index (χ3v) is 4.65. The van der Waals surface area contributed by atoms with Gasteiger partial charge in [-0.25, -0.2) is 5.10 Å². The molecular weight excluding hydrogens is 347 g/mol. The van der Waals surface area contributed by atoms with Crippen LogP contribution in [0.2, 0.25) is 10.0 Å². The second kappa shape index (κ2) is 6.11. The van der Waals surface area contributed by atoms with E-state index in [1.54, 1.807) is 28.3 Å². The van der Waals surface area contributed by atoms with E-state index in [0.29, 0.717) is 26.2 Å². The minimum atomic E-state index is 0.410. The fourth-order valence-corrected chi connectivity index (χ4v) is 2.94. The van der Waals surface area contributed by atoms with Crippen molar-refractivity contribution in [2.45, 2.75) is 0 Å². The van der Waals surface area contributed by atoms with Crippen LogP contribution in [0.3, 0.4) is 0 Å². The molecular formula is C13H8Cl2N4S2. The Kier molecular flexibility index (Phi) is 4.21. The summed E-state index contributed by atoms with van der Waals surface area (Å²) in [6.07, 6.45) is 1.61. The van der Waals surface area contributed by atoms with Crippen molar-refractivity contribution in [2.24, 2.45) is 5.10 Å². The van der Waals surface area contributed by atoms with Gasteiger partial charge in [0.1, 0.15) is 0 Å². The topological polar surface area (TPSA) is 46.0 Å². The Morgan fingerprint density at radius 2 is 2.14 bits per heavy atom. The van der Waals surface area contributed by atoms with Gasteiger partial charge in [0.05, 0.1) is 21.1 Å². The Labute approximate surface area is 139 Å². The summed E-state index contributed by atoms with van der Waals surface area (Å²) in [5.41, 5.74) is 0.712. The van der Waals surface area contributed by atoms with Crippen LogP contribution >= 0.6 is 46.8 Å². The highest BCUT2D eigenvalue weighted by atomic mass is 35.5. The Morgan fingerprint density at radius 1 is 1.29 bits per heavy atom. The molecule has 21 heavy (non-hydrogen) atoms. The fraction of sp³-hybridized carbons (Fsp3) is 0. The maximum atomic E-state index is 6.13. The number of halogens is 2. The minimum absolute atomic E-state index is 0.410. The van der Waals surface area contributed by atoms with E-state index in [0.717, 1.165) is 4.88 Å². The summed E-state index contributed by atoms with van der Waals surface area (Å²) in [6, 6.07) is 9.26. The van der Waals surface area contributed by atoms with E-state index in [-0.39, 0.29) is 0 Å². The highest BCUT2D eigenvalue weighted by Crippen LogP contribution is 2.25. The molecule has 0 aliphatic carbocycles. The zero-order valence-electron chi connectivity index (χ0n) is 10.5. The van der Waals surface area contributed by atoms with Gasteiger partial charge in [0.2, 0.25) is 4.77 Å². The predicted octanol–water partition coefficient (Wildman–Crippen LogP) is 4.86. The average Bonchev–Trinajstić information content (AvgIpc) is 3.10. The first kappa shape index (κ1) is 14.5. The SMILES string of the molecule is S=c1[nH]nc(-c2cccs2)n1/N=C\c1cccc(Cl)c1Cl. The lowest BCUT2D eigenvalue weighted by Crippen LogP contribution is -1.94. The second-order valence-electron chi connectivity index (χ2n) is 4.03. The first-order valence-corrected chi connectivity index (χ1v) is 7.91. The molecule has 0 unspecified atom stereocenters. The quantitative estimate of drug-likeness (QED) is 0.539. The van der Waals surface area contributed by atoms with Gasteiger partial charge >= 0.3 is 0 Å². The highest BCUT2D eigenvalue weighted by Gasteiger charge is 2.09. The van der Waals surface area contributed by atoms with Crippen LogP contribution in [0, 0.1) is 4.77 Å². The van der Waals surface area contributed by atoms with Gasteiger partial charge in [0.15, 0.2) is 5.82 Å². The number of nitrogens with one attached hydrogen (secondary N) is 1. The van der Waals surface area contributed by atoms with Gasteiger partial charge in [-0.1, -0.05) is 41.4 Å². The van der Waals surface area contributed by atoms with Gasteiger partial charge in [-0.15, -0.1) is 11.3 Å². The molecule has 1 aromatic carbocycles. The third kappa shape index (κ3) is 2.94. The summed E-state index contributed by atoms with van der Waals surface area (Å²) in [5.74, 6) is 0.657. The molecule has 2 heterocycles. The molecule has 0 fully saturated rings. The molecule has 0 saturated carbocycles. The molecule has 8 heteroatoms.